The summed E-state index contributed by atoms with van der Waals surface area (Å²) in [5.74, 6) is -0.125. The Morgan fingerprint density at radius 3 is 2.78 bits per heavy atom. The van der Waals surface area contributed by atoms with Crippen molar-refractivity contribution in [1.82, 2.24) is 5.32 Å². The Morgan fingerprint density at radius 2 is 2.22 bits per heavy atom. The normalized spacial score (nSPS) is 10.7. The largest absolute Gasteiger partial charge is 0.326 e. The summed E-state index contributed by atoms with van der Waals surface area (Å²) in [6, 6.07) is 5.45. The second kappa shape index (κ2) is 6.67. The highest BCUT2D eigenvalue weighted by atomic mass is 32.2. The minimum absolute atomic E-state index is 0.125. The zero-order valence-corrected chi connectivity index (χ0v) is 11.3. The van der Waals surface area contributed by atoms with Gasteiger partial charge in [-0.2, -0.15) is 5.26 Å². The molecule has 0 saturated carbocycles. The molecule has 1 aromatic rings. The molecular weight excluding hydrogens is 248 g/mol. The van der Waals surface area contributed by atoms with E-state index in [1.165, 1.54) is 18.7 Å². The third-order valence-electron chi connectivity index (χ3n) is 2.19. The van der Waals surface area contributed by atoms with Crippen LogP contribution in [-0.4, -0.2) is 17.3 Å². The first kappa shape index (κ1) is 14.1. The summed E-state index contributed by atoms with van der Waals surface area (Å²) < 4.78 is 0. The quantitative estimate of drug-likeness (QED) is 0.371. The molecule has 6 heteroatoms. The van der Waals surface area contributed by atoms with Gasteiger partial charge in [-0.3, -0.25) is 10.1 Å². The summed E-state index contributed by atoms with van der Waals surface area (Å²) in [7, 11) is 0. The summed E-state index contributed by atoms with van der Waals surface area (Å²) in [4.78, 5) is 15.4. The molecule has 2 N–H and O–H groups in total. The zero-order chi connectivity index (χ0) is 13.5. The van der Waals surface area contributed by atoms with Crippen LogP contribution >= 0.6 is 11.8 Å². The summed E-state index contributed by atoms with van der Waals surface area (Å²) in [5, 5.41) is 14.3. The van der Waals surface area contributed by atoms with Gasteiger partial charge in [0.05, 0.1) is 5.69 Å². The van der Waals surface area contributed by atoms with Crippen LogP contribution in [0.4, 0.5) is 11.4 Å². The molecule has 0 bridgehead atoms. The lowest BCUT2D eigenvalue weighted by Crippen LogP contribution is -2.12. The van der Waals surface area contributed by atoms with Crippen LogP contribution < -0.4 is 10.6 Å². The maximum Gasteiger partial charge on any atom is 0.221 e. The van der Waals surface area contributed by atoms with Crippen molar-refractivity contribution in [3.8, 4) is 6.19 Å². The molecule has 1 amide bonds. The SMILES string of the molecule is CSC(=Nc1cccc(NC(C)=O)c1C)NC#N. The van der Waals surface area contributed by atoms with Crippen LogP contribution in [-0.2, 0) is 4.79 Å². The number of carbonyl (C=O) groups excluding carboxylic acids is 1. The number of carbonyl (C=O) groups is 1. The molecule has 94 valence electrons. The highest BCUT2D eigenvalue weighted by Crippen LogP contribution is 2.26. The monoisotopic (exact) mass is 262 g/mol. The average Bonchev–Trinajstić information content (AvgIpc) is 2.32. The smallest absolute Gasteiger partial charge is 0.221 e. The summed E-state index contributed by atoms with van der Waals surface area (Å²) in [5.41, 5.74) is 2.30. The average molecular weight is 262 g/mol. The van der Waals surface area contributed by atoms with Crippen LogP contribution in [0.3, 0.4) is 0 Å². The molecule has 0 spiro atoms. The Bertz CT molecular complexity index is 519. The van der Waals surface area contributed by atoms with Crippen molar-refractivity contribution in [3.05, 3.63) is 23.8 Å². The number of amidine groups is 1. The van der Waals surface area contributed by atoms with Gasteiger partial charge in [0.15, 0.2) is 11.4 Å². The Labute approximate surface area is 110 Å². The van der Waals surface area contributed by atoms with Crippen LogP contribution in [0.25, 0.3) is 0 Å². The van der Waals surface area contributed by atoms with Crippen LogP contribution in [0.5, 0.6) is 0 Å². The van der Waals surface area contributed by atoms with Gasteiger partial charge in [0.2, 0.25) is 5.91 Å². The molecule has 0 unspecified atom stereocenters. The molecule has 0 radical (unpaired) electrons. The van der Waals surface area contributed by atoms with Gasteiger partial charge < -0.3 is 5.32 Å². The molecule has 0 fully saturated rings. The van der Waals surface area contributed by atoms with Crippen molar-refractivity contribution in [2.24, 2.45) is 4.99 Å². The van der Waals surface area contributed by atoms with Crippen LogP contribution in [0.2, 0.25) is 0 Å². The van der Waals surface area contributed by atoms with Crippen molar-refractivity contribution in [1.29, 1.82) is 5.26 Å². The number of nitrogens with one attached hydrogen (secondary N) is 2. The van der Waals surface area contributed by atoms with Gasteiger partial charge in [-0.15, -0.1) is 0 Å². The van der Waals surface area contributed by atoms with Gasteiger partial charge >= 0.3 is 0 Å². The molecule has 5 nitrogen and oxygen atoms in total. The first-order chi connectivity index (χ1) is 8.58. The van der Waals surface area contributed by atoms with E-state index in [0.29, 0.717) is 10.9 Å². The second-order valence-electron chi connectivity index (χ2n) is 3.49. The highest BCUT2D eigenvalue weighted by Gasteiger charge is 2.05. The number of aliphatic imine (C=N–C) groups is 1. The summed E-state index contributed by atoms with van der Waals surface area (Å²) in [6.07, 6.45) is 3.66. The van der Waals surface area contributed by atoms with E-state index in [2.05, 4.69) is 15.6 Å². The van der Waals surface area contributed by atoms with Crippen LogP contribution in [0.15, 0.2) is 23.2 Å². The molecule has 0 aliphatic rings. The Kier molecular flexibility index (Phi) is 5.21. The van der Waals surface area contributed by atoms with E-state index >= 15 is 0 Å². The fourth-order valence-electron chi connectivity index (χ4n) is 1.35. The number of benzene rings is 1. The Balaban J connectivity index is 3.10. The van der Waals surface area contributed by atoms with Crippen molar-refractivity contribution in [2.75, 3.05) is 11.6 Å². The van der Waals surface area contributed by atoms with Gasteiger partial charge in [0, 0.05) is 12.6 Å². The number of hydrogen-bond donors (Lipinski definition) is 2. The Hall–Kier alpha value is -2.00. The van der Waals surface area contributed by atoms with Gasteiger partial charge in [0.1, 0.15) is 0 Å². The van der Waals surface area contributed by atoms with Gasteiger partial charge in [-0.25, -0.2) is 4.99 Å². The third-order valence-corrected chi connectivity index (χ3v) is 2.77. The highest BCUT2D eigenvalue weighted by molar-refractivity contribution is 8.13. The Morgan fingerprint density at radius 1 is 1.50 bits per heavy atom. The van der Waals surface area contributed by atoms with Crippen molar-refractivity contribution in [3.63, 3.8) is 0 Å². The predicted molar refractivity (Wildman–Crippen MR) is 74.8 cm³/mol. The van der Waals surface area contributed by atoms with Crippen molar-refractivity contribution < 1.29 is 4.79 Å². The molecule has 0 aliphatic carbocycles. The fourth-order valence-corrected chi connectivity index (χ4v) is 1.69. The van der Waals surface area contributed by atoms with Crippen LogP contribution in [0.1, 0.15) is 12.5 Å². The lowest BCUT2D eigenvalue weighted by Gasteiger charge is -2.09. The number of nitriles is 1. The van der Waals surface area contributed by atoms with Crippen LogP contribution in [0, 0.1) is 18.4 Å². The molecule has 1 rings (SSSR count). The molecule has 0 aliphatic heterocycles. The molecule has 0 heterocycles. The number of amides is 1. The lowest BCUT2D eigenvalue weighted by atomic mass is 10.1. The van der Waals surface area contributed by atoms with Gasteiger partial charge in [-0.05, 0) is 30.9 Å². The number of nitrogens with zero attached hydrogens (tertiary/aromatic N) is 2. The number of thioether (sulfide) groups is 1. The number of rotatable bonds is 2. The van der Waals surface area contributed by atoms with E-state index in [0.717, 1.165) is 11.3 Å². The summed E-state index contributed by atoms with van der Waals surface area (Å²) >= 11 is 1.35. The summed E-state index contributed by atoms with van der Waals surface area (Å²) in [6.45, 7) is 3.33. The molecule has 0 atom stereocenters. The minimum Gasteiger partial charge on any atom is -0.326 e. The maximum absolute atomic E-state index is 11.1. The molecular formula is C12H14N4OS. The van der Waals surface area contributed by atoms with E-state index in [4.69, 9.17) is 5.26 Å². The fraction of sp³-hybridized carbons (Fsp3) is 0.250. The van der Waals surface area contributed by atoms with Gasteiger partial charge in [0.25, 0.3) is 0 Å². The predicted octanol–water partition coefficient (Wildman–Crippen LogP) is 2.37. The maximum atomic E-state index is 11.1. The minimum atomic E-state index is -0.125. The van der Waals surface area contributed by atoms with Gasteiger partial charge in [-0.1, -0.05) is 17.8 Å². The second-order valence-corrected chi connectivity index (χ2v) is 4.28. The van der Waals surface area contributed by atoms with E-state index in [-0.39, 0.29) is 5.91 Å². The standard InChI is InChI=1S/C12H14N4OS/c1-8-10(15-9(2)17)5-4-6-11(8)16-12(18-3)14-7-13/h4-6H,1-3H3,(H,14,16)(H,15,17). The molecule has 0 aromatic heterocycles. The van der Waals surface area contributed by atoms with E-state index < -0.39 is 0 Å². The molecule has 1 aromatic carbocycles. The number of anilines is 1. The van der Waals surface area contributed by atoms with Crippen molar-refractivity contribution >= 4 is 34.2 Å². The van der Waals surface area contributed by atoms with E-state index in [1.54, 1.807) is 6.07 Å². The van der Waals surface area contributed by atoms with E-state index in [9.17, 15) is 4.79 Å². The molecule has 18 heavy (non-hydrogen) atoms. The molecule has 0 saturated heterocycles. The first-order valence-electron chi connectivity index (χ1n) is 5.23. The lowest BCUT2D eigenvalue weighted by molar-refractivity contribution is -0.114. The third kappa shape index (κ3) is 3.79. The number of hydrogen-bond acceptors (Lipinski definition) is 4. The topological polar surface area (TPSA) is 77.3 Å². The first-order valence-corrected chi connectivity index (χ1v) is 6.46. The van der Waals surface area contributed by atoms with E-state index in [1.807, 2.05) is 31.5 Å². The van der Waals surface area contributed by atoms with Crippen molar-refractivity contribution in [2.45, 2.75) is 13.8 Å². The zero-order valence-electron chi connectivity index (χ0n) is 10.4.